The molecule has 0 aliphatic carbocycles. The van der Waals surface area contributed by atoms with Crippen LogP contribution in [0.1, 0.15) is 32.4 Å². The average Bonchev–Trinajstić information content (AvgIpc) is 2.49. The van der Waals surface area contributed by atoms with Gasteiger partial charge in [0.15, 0.2) is 5.11 Å². The van der Waals surface area contributed by atoms with E-state index in [1.807, 2.05) is 56.3 Å². The van der Waals surface area contributed by atoms with Crippen molar-refractivity contribution in [1.29, 1.82) is 0 Å². The Hall–Kier alpha value is -2.07. The van der Waals surface area contributed by atoms with Crippen molar-refractivity contribution in [2.75, 3.05) is 5.32 Å². The quantitative estimate of drug-likeness (QED) is 0.795. The van der Waals surface area contributed by atoms with E-state index in [-0.39, 0.29) is 12.1 Å². The van der Waals surface area contributed by atoms with Crippen molar-refractivity contribution in [1.82, 2.24) is 5.32 Å². The van der Waals surface area contributed by atoms with Crippen LogP contribution in [0, 0.1) is 0 Å². The molecule has 2 rings (SSSR count). The summed E-state index contributed by atoms with van der Waals surface area (Å²) >= 11 is 5.36. The Kier molecular flexibility index (Phi) is 5.78. The van der Waals surface area contributed by atoms with E-state index in [1.165, 1.54) is 5.56 Å². The molecular weight excluding hydrogens is 292 g/mol. The van der Waals surface area contributed by atoms with Crippen LogP contribution in [0.2, 0.25) is 0 Å². The zero-order valence-electron chi connectivity index (χ0n) is 13.2. The number of hydrogen-bond acceptors (Lipinski definition) is 2. The fourth-order valence-corrected chi connectivity index (χ4v) is 2.37. The van der Waals surface area contributed by atoms with Crippen molar-refractivity contribution in [2.24, 2.45) is 0 Å². The summed E-state index contributed by atoms with van der Waals surface area (Å²) in [5.74, 6) is 0.858. The van der Waals surface area contributed by atoms with Crippen molar-refractivity contribution in [3.63, 3.8) is 0 Å². The van der Waals surface area contributed by atoms with Crippen molar-refractivity contribution < 1.29 is 4.74 Å². The van der Waals surface area contributed by atoms with Crippen LogP contribution in [0.3, 0.4) is 0 Å². The molecule has 0 unspecified atom stereocenters. The Morgan fingerprint density at radius 3 is 2.18 bits per heavy atom. The minimum atomic E-state index is 0.157. The van der Waals surface area contributed by atoms with Gasteiger partial charge in [0.05, 0.1) is 12.1 Å². The highest BCUT2D eigenvalue weighted by molar-refractivity contribution is 7.80. The maximum Gasteiger partial charge on any atom is 0.171 e. The van der Waals surface area contributed by atoms with Crippen molar-refractivity contribution in [3.05, 3.63) is 60.2 Å². The molecule has 2 aromatic carbocycles. The summed E-state index contributed by atoms with van der Waals surface area (Å²) < 4.78 is 5.62. The molecule has 0 bridgehead atoms. The lowest BCUT2D eigenvalue weighted by Gasteiger charge is -2.17. The van der Waals surface area contributed by atoms with Crippen molar-refractivity contribution >= 4 is 23.0 Å². The molecule has 0 aliphatic rings. The summed E-state index contributed by atoms with van der Waals surface area (Å²) in [6, 6.07) is 18.2. The maximum atomic E-state index is 5.62. The summed E-state index contributed by atoms with van der Waals surface area (Å²) in [5, 5.41) is 7.07. The highest BCUT2D eigenvalue weighted by atomic mass is 32.1. The summed E-state index contributed by atoms with van der Waals surface area (Å²) in [6.07, 6.45) is 0.174. The molecule has 2 aromatic rings. The average molecular weight is 314 g/mol. The van der Waals surface area contributed by atoms with Gasteiger partial charge in [-0.05, 0) is 62.8 Å². The third kappa shape index (κ3) is 5.04. The lowest BCUT2D eigenvalue weighted by atomic mass is 10.1. The van der Waals surface area contributed by atoms with Gasteiger partial charge in [0, 0.05) is 5.69 Å². The smallest absolute Gasteiger partial charge is 0.171 e. The van der Waals surface area contributed by atoms with Crippen LogP contribution < -0.4 is 15.4 Å². The van der Waals surface area contributed by atoms with Crippen LogP contribution >= 0.6 is 12.2 Å². The van der Waals surface area contributed by atoms with Crippen LogP contribution in [0.5, 0.6) is 5.75 Å². The molecule has 0 aliphatic heterocycles. The summed E-state index contributed by atoms with van der Waals surface area (Å²) in [6.45, 7) is 6.11. The first-order valence-corrected chi connectivity index (χ1v) is 7.84. The largest absolute Gasteiger partial charge is 0.491 e. The predicted molar refractivity (Wildman–Crippen MR) is 96.4 cm³/mol. The highest BCUT2D eigenvalue weighted by Crippen LogP contribution is 2.17. The van der Waals surface area contributed by atoms with Gasteiger partial charge in [-0.25, -0.2) is 0 Å². The Labute approximate surface area is 137 Å². The standard InChI is InChI=1S/C18H22N2OS/c1-13(2)21-17-11-9-16(10-12-17)20-18(22)19-14(3)15-7-5-4-6-8-15/h4-14H,1-3H3,(H2,19,20,22)/t14-/m0/s1. The summed E-state index contributed by atoms with van der Waals surface area (Å²) in [7, 11) is 0. The molecule has 0 saturated heterocycles. The Morgan fingerprint density at radius 2 is 1.59 bits per heavy atom. The second kappa shape index (κ2) is 7.80. The fraction of sp³-hybridized carbons (Fsp3) is 0.278. The third-order valence-corrected chi connectivity index (χ3v) is 3.35. The van der Waals surface area contributed by atoms with E-state index in [2.05, 4.69) is 29.7 Å². The van der Waals surface area contributed by atoms with Gasteiger partial charge < -0.3 is 15.4 Å². The molecule has 116 valence electrons. The van der Waals surface area contributed by atoms with E-state index in [9.17, 15) is 0 Å². The van der Waals surface area contributed by atoms with Gasteiger partial charge in [0.1, 0.15) is 5.75 Å². The van der Waals surface area contributed by atoms with Gasteiger partial charge in [0.25, 0.3) is 0 Å². The van der Waals surface area contributed by atoms with E-state index < -0.39 is 0 Å². The second-order valence-corrected chi connectivity index (χ2v) is 5.83. The van der Waals surface area contributed by atoms with Gasteiger partial charge in [0.2, 0.25) is 0 Å². The topological polar surface area (TPSA) is 33.3 Å². The zero-order chi connectivity index (χ0) is 15.9. The predicted octanol–water partition coefficient (Wildman–Crippen LogP) is 4.52. The first-order chi connectivity index (χ1) is 10.5. The van der Waals surface area contributed by atoms with E-state index in [1.54, 1.807) is 0 Å². The highest BCUT2D eigenvalue weighted by Gasteiger charge is 2.06. The van der Waals surface area contributed by atoms with E-state index in [0.29, 0.717) is 5.11 Å². The van der Waals surface area contributed by atoms with Gasteiger partial charge in [-0.1, -0.05) is 30.3 Å². The Bertz CT molecular complexity index is 596. The number of ether oxygens (including phenoxy) is 1. The van der Waals surface area contributed by atoms with Crippen LogP contribution in [0.25, 0.3) is 0 Å². The van der Waals surface area contributed by atoms with Crippen molar-refractivity contribution in [2.45, 2.75) is 32.9 Å². The first kappa shape index (κ1) is 16.3. The molecule has 0 amide bonds. The van der Waals surface area contributed by atoms with Gasteiger partial charge in [-0.3, -0.25) is 0 Å². The molecule has 22 heavy (non-hydrogen) atoms. The number of hydrogen-bond donors (Lipinski definition) is 2. The van der Waals surface area contributed by atoms with Gasteiger partial charge in [-0.2, -0.15) is 0 Å². The minimum absolute atomic E-state index is 0.157. The number of thiocarbonyl (C=S) groups is 1. The molecule has 0 heterocycles. The summed E-state index contributed by atoms with van der Waals surface area (Å²) in [5.41, 5.74) is 2.14. The molecule has 0 saturated carbocycles. The molecule has 0 aromatic heterocycles. The molecule has 1 atom stereocenters. The summed E-state index contributed by atoms with van der Waals surface area (Å²) in [4.78, 5) is 0. The number of nitrogens with one attached hydrogen (secondary N) is 2. The van der Waals surface area contributed by atoms with Gasteiger partial charge >= 0.3 is 0 Å². The van der Waals surface area contributed by atoms with E-state index in [0.717, 1.165) is 11.4 Å². The molecule has 0 spiro atoms. The number of rotatable bonds is 5. The Morgan fingerprint density at radius 1 is 0.955 bits per heavy atom. The first-order valence-electron chi connectivity index (χ1n) is 7.44. The monoisotopic (exact) mass is 314 g/mol. The molecule has 0 radical (unpaired) electrons. The normalized spacial score (nSPS) is 11.8. The third-order valence-electron chi connectivity index (χ3n) is 3.13. The minimum Gasteiger partial charge on any atom is -0.491 e. The second-order valence-electron chi connectivity index (χ2n) is 5.42. The zero-order valence-corrected chi connectivity index (χ0v) is 14.0. The molecule has 0 fully saturated rings. The number of anilines is 1. The van der Waals surface area contributed by atoms with Crippen LogP contribution in [0.4, 0.5) is 5.69 Å². The molecule has 4 heteroatoms. The van der Waals surface area contributed by atoms with Crippen LogP contribution in [-0.2, 0) is 0 Å². The van der Waals surface area contributed by atoms with E-state index >= 15 is 0 Å². The fourth-order valence-electron chi connectivity index (χ4n) is 2.08. The van der Waals surface area contributed by atoms with Crippen LogP contribution in [0.15, 0.2) is 54.6 Å². The Balaban J connectivity index is 1.89. The SMILES string of the molecule is CC(C)Oc1ccc(NC(=S)N[C@@H](C)c2ccccc2)cc1. The molecule has 2 N–H and O–H groups in total. The maximum absolute atomic E-state index is 5.62. The van der Waals surface area contributed by atoms with Gasteiger partial charge in [-0.15, -0.1) is 0 Å². The molecule has 3 nitrogen and oxygen atoms in total. The lowest BCUT2D eigenvalue weighted by Crippen LogP contribution is -2.30. The lowest BCUT2D eigenvalue weighted by molar-refractivity contribution is 0.242. The number of benzene rings is 2. The van der Waals surface area contributed by atoms with E-state index in [4.69, 9.17) is 17.0 Å². The van der Waals surface area contributed by atoms with Crippen LogP contribution in [-0.4, -0.2) is 11.2 Å². The van der Waals surface area contributed by atoms with Crippen molar-refractivity contribution in [3.8, 4) is 5.75 Å². The molecular formula is C18H22N2OS.